The number of ether oxygens (including phenoxy) is 2. The van der Waals surface area contributed by atoms with E-state index in [0.717, 1.165) is 6.92 Å². The zero-order valence-electron chi connectivity index (χ0n) is 12.8. The van der Waals surface area contributed by atoms with Crippen molar-refractivity contribution in [2.75, 3.05) is 18.5 Å². The number of anilines is 1. The lowest BCUT2D eigenvalue weighted by Gasteiger charge is -2.06. The number of aryl methyl sites for hydroxylation is 1. The van der Waals surface area contributed by atoms with Crippen molar-refractivity contribution in [1.82, 2.24) is 0 Å². The third-order valence-corrected chi connectivity index (χ3v) is 2.58. The van der Waals surface area contributed by atoms with Crippen LogP contribution < -0.4 is 5.32 Å². The first-order chi connectivity index (χ1) is 10.3. The number of rotatable bonds is 6. The molecule has 0 bridgehead atoms. The molecule has 0 aliphatic rings. The van der Waals surface area contributed by atoms with Gasteiger partial charge in [-0.15, -0.1) is 0 Å². The van der Waals surface area contributed by atoms with Gasteiger partial charge in [-0.2, -0.15) is 0 Å². The lowest BCUT2D eigenvalue weighted by Crippen LogP contribution is -2.21. The normalized spacial score (nSPS) is 10.0. The first-order valence-corrected chi connectivity index (χ1v) is 6.52. The van der Waals surface area contributed by atoms with E-state index in [4.69, 9.17) is 9.15 Å². The molecule has 22 heavy (non-hydrogen) atoms. The minimum Gasteiger partial charge on any atom is -0.462 e. The number of carbonyl (C=O) groups excluding carboxylic acids is 4. The lowest BCUT2D eigenvalue weighted by molar-refractivity contribution is -0.145. The predicted molar refractivity (Wildman–Crippen MR) is 74.7 cm³/mol. The standard InChI is InChI=1S/C14H17NO7/c1-5-20-14(19)12-11(7(2)16)8(3)22-13(12)15-10(18)6-21-9(4)17/h5-6H2,1-4H3,(H,15,18). The van der Waals surface area contributed by atoms with Gasteiger partial charge in [0.1, 0.15) is 11.3 Å². The van der Waals surface area contributed by atoms with E-state index in [0.29, 0.717) is 0 Å². The van der Waals surface area contributed by atoms with Crippen LogP contribution in [0.1, 0.15) is 47.2 Å². The number of esters is 2. The number of hydrogen-bond donors (Lipinski definition) is 1. The Morgan fingerprint density at radius 1 is 1.09 bits per heavy atom. The van der Waals surface area contributed by atoms with Gasteiger partial charge in [-0.1, -0.05) is 0 Å². The van der Waals surface area contributed by atoms with Gasteiger partial charge in [0.05, 0.1) is 12.2 Å². The smallest absolute Gasteiger partial charge is 0.344 e. The molecule has 1 amide bonds. The molecule has 8 heteroatoms. The fourth-order valence-electron chi connectivity index (χ4n) is 1.78. The summed E-state index contributed by atoms with van der Waals surface area (Å²) in [5.41, 5.74) is -0.107. The predicted octanol–water partition coefficient (Wildman–Crippen LogP) is 1.47. The molecule has 1 rings (SSSR count). The third-order valence-electron chi connectivity index (χ3n) is 2.58. The number of hydrogen-bond acceptors (Lipinski definition) is 7. The average molecular weight is 311 g/mol. The van der Waals surface area contributed by atoms with E-state index in [-0.39, 0.29) is 29.4 Å². The number of carbonyl (C=O) groups is 4. The Morgan fingerprint density at radius 2 is 1.73 bits per heavy atom. The van der Waals surface area contributed by atoms with E-state index in [1.165, 1.54) is 13.8 Å². The van der Waals surface area contributed by atoms with Gasteiger partial charge >= 0.3 is 11.9 Å². The van der Waals surface area contributed by atoms with Gasteiger partial charge < -0.3 is 13.9 Å². The van der Waals surface area contributed by atoms with Gasteiger partial charge in [-0.05, 0) is 20.8 Å². The van der Waals surface area contributed by atoms with E-state index in [1.807, 2.05) is 0 Å². The second-order valence-electron chi connectivity index (χ2n) is 4.34. The summed E-state index contributed by atoms with van der Waals surface area (Å²) in [6.07, 6.45) is 0. The molecule has 1 aromatic heterocycles. The zero-order valence-corrected chi connectivity index (χ0v) is 12.8. The van der Waals surface area contributed by atoms with Gasteiger partial charge in [-0.25, -0.2) is 4.79 Å². The van der Waals surface area contributed by atoms with Crippen LogP contribution in [-0.4, -0.2) is 36.8 Å². The molecule has 1 heterocycles. The minimum atomic E-state index is -0.785. The maximum Gasteiger partial charge on any atom is 0.344 e. The molecule has 0 fully saturated rings. The number of nitrogens with one attached hydrogen (secondary N) is 1. The summed E-state index contributed by atoms with van der Waals surface area (Å²) in [6.45, 7) is 5.08. The molecule has 0 aromatic carbocycles. The number of ketones is 1. The summed E-state index contributed by atoms with van der Waals surface area (Å²) in [4.78, 5) is 46.0. The molecular weight excluding hydrogens is 294 g/mol. The van der Waals surface area contributed by atoms with Gasteiger partial charge in [0.15, 0.2) is 12.4 Å². The van der Waals surface area contributed by atoms with Crippen LogP contribution in [0.15, 0.2) is 4.42 Å². The summed E-state index contributed by atoms with van der Waals surface area (Å²) < 4.78 is 14.7. The molecule has 0 spiro atoms. The highest BCUT2D eigenvalue weighted by atomic mass is 16.5. The summed E-state index contributed by atoms with van der Waals surface area (Å²) in [6, 6.07) is 0. The molecule has 0 aliphatic carbocycles. The van der Waals surface area contributed by atoms with Gasteiger partial charge in [0.2, 0.25) is 5.88 Å². The van der Waals surface area contributed by atoms with Crippen molar-refractivity contribution in [2.24, 2.45) is 0 Å². The maximum absolute atomic E-state index is 12.0. The molecule has 1 aromatic rings. The Morgan fingerprint density at radius 3 is 2.23 bits per heavy atom. The highest BCUT2D eigenvalue weighted by Gasteiger charge is 2.28. The van der Waals surface area contributed by atoms with Crippen LogP contribution in [0.25, 0.3) is 0 Å². The van der Waals surface area contributed by atoms with Crippen molar-refractivity contribution in [1.29, 1.82) is 0 Å². The third kappa shape index (κ3) is 4.18. The Kier molecular flexibility index (Phi) is 5.85. The molecule has 0 saturated carbocycles. The fraction of sp³-hybridized carbons (Fsp3) is 0.429. The van der Waals surface area contributed by atoms with E-state index < -0.39 is 30.2 Å². The number of furan rings is 1. The molecular formula is C14H17NO7. The quantitative estimate of drug-likeness (QED) is 0.625. The largest absolute Gasteiger partial charge is 0.462 e. The van der Waals surface area contributed by atoms with Crippen LogP contribution in [-0.2, 0) is 19.1 Å². The first kappa shape index (κ1) is 17.4. The van der Waals surface area contributed by atoms with E-state index in [2.05, 4.69) is 10.1 Å². The summed E-state index contributed by atoms with van der Waals surface area (Å²) >= 11 is 0. The highest BCUT2D eigenvalue weighted by Crippen LogP contribution is 2.28. The SMILES string of the molecule is CCOC(=O)c1c(NC(=O)COC(C)=O)oc(C)c1C(C)=O. The summed E-state index contributed by atoms with van der Waals surface area (Å²) in [7, 11) is 0. The number of amides is 1. The molecule has 0 unspecified atom stereocenters. The molecule has 1 N–H and O–H groups in total. The van der Waals surface area contributed by atoms with Crippen LogP contribution in [0.2, 0.25) is 0 Å². The van der Waals surface area contributed by atoms with E-state index >= 15 is 0 Å². The minimum absolute atomic E-state index is 0.0428. The Hall–Kier alpha value is -2.64. The van der Waals surface area contributed by atoms with Crippen LogP contribution in [0.4, 0.5) is 5.88 Å². The van der Waals surface area contributed by atoms with Crippen LogP contribution >= 0.6 is 0 Å². The van der Waals surface area contributed by atoms with Gasteiger partial charge in [0.25, 0.3) is 5.91 Å². The molecule has 8 nitrogen and oxygen atoms in total. The van der Waals surface area contributed by atoms with Crippen molar-refractivity contribution in [3.05, 3.63) is 16.9 Å². The first-order valence-electron chi connectivity index (χ1n) is 6.52. The monoisotopic (exact) mass is 311 g/mol. The highest BCUT2D eigenvalue weighted by molar-refractivity contribution is 6.10. The van der Waals surface area contributed by atoms with Crippen molar-refractivity contribution < 1.29 is 33.1 Å². The van der Waals surface area contributed by atoms with E-state index in [9.17, 15) is 19.2 Å². The number of Topliss-reactive ketones (excluding diaryl/α,β-unsaturated/α-hetero) is 1. The zero-order chi connectivity index (χ0) is 16.9. The van der Waals surface area contributed by atoms with Crippen LogP contribution in [0.5, 0.6) is 0 Å². The Balaban J connectivity index is 3.11. The van der Waals surface area contributed by atoms with Crippen molar-refractivity contribution in [3.8, 4) is 0 Å². The molecule has 0 saturated heterocycles. The summed E-state index contributed by atoms with van der Waals surface area (Å²) in [5, 5.41) is 2.29. The second-order valence-corrected chi connectivity index (χ2v) is 4.34. The Labute approximate surface area is 126 Å². The van der Waals surface area contributed by atoms with Crippen molar-refractivity contribution in [3.63, 3.8) is 0 Å². The molecule has 120 valence electrons. The molecule has 0 atom stereocenters. The lowest BCUT2D eigenvalue weighted by atomic mass is 10.1. The average Bonchev–Trinajstić information content (AvgIpc) is 2.73. The van der Waals surface area contributed by atoms with Gasteiger partial charge in [-0.3, -0.25) is 19.7 Å². The van der Waals surface area contributed by atoms with Crippen LogP contribution in [0.3, 0.4) is 0 Å². The van der Waals surface area contributed by atoms with Crippen molar-refractivity contribution in [2.45, 2.75) is 27.7 Å². The fourth-order valence-corrected chi connectivity index (χ4v) is 1.78. The van der Waals surface area contributed by atoms with Gasteiger partial charge in [0, 0.05) is 6.92 Å². The Bertz CT molecular complexity index is 615. The second kappa shape index (κ2) is 7.39. The van der Waals surface area contributed by atoms with Crippen LogP contribution in [0, 0.1) is 6.92 Å². The topological polar surface area (TPSA) is 112 Å². The molecule has 0 aliphatic heterocycles. The van der Waals surface area contributed by atoms with Crippen molar-refractivity contribution >= 4 is 29.5 Å². The summed E-state index contributed by atoms with van der Waals surface area (Å²) in [5.74, 6) is -2.54. The molecule has 0 radical (unpaired) electrons. The maximum atomic E-state index is 12.0. The van der Waals surface area contributed by atoms with E-state index in [1.54, 1.807) is 6.92 Å².